The highest BCUT2D eigenvalue weighted by Gasteiger charge is 2.44. The van der Waals surface area contributed by atoms with E-state index in [4.69, 9.17) is 35.8 Å². The Hall–Kier alpha value is -7.62. The number of β-amino-alcohol motifs (C(OH)–C–C–N with tert-alkyl or cyclic N) is 1. The summed E-state index contributed by atoms with van der Waals surface area (Å²) in [5, 5.41) is 45.4. The molecule has 8 aromatic rings. The third-order valence-electron chi connectivity index (χ3n) is 15.2. The summed E-state index contributed by atoms with van der Waals surface area (Å²) in [5.74, 6) is -0.651. The van der Waals surface area contributed by atoms with Crippen LogP contribution in [-0.4, -0.2) is 137 Å². The Morgan fingerprint density at radius 2 is 1.74 bits per heavy atom. The minimum atomic E-state index is -0.993. The van der Waals surface area contributed by atoms with Gasteiger partial charge in [0.2, 0.25) is 11.8 Å². The third-order valence-corrected chi connectivity index (χ3v) is 15.5. The molecule has 2 amide bonds. The molecule has 4 aromatic heterocycles. The van der Waals surface area contributed by atoms with Crippen LogP contribution in [0, 0.1) is 18.7 Å². The summed E-state index contributed by atoms with van der Waals surface area (Å²) in [6, 6.07) is 20.1. The number of fused-ring (bicyclic) bond motifs is 4. The fourth-order valence-electron chi connectivity index (χ4n) is 11.0. The SMILES string of the molecule is CO[C@@H](C)COc1nc(N2C[C@@H]3C[C@H]2CN3)c2cc(Cl)c(-c3c(C)c(F)cc4[nH]ncc34)c(OCc3ccc(-c4cn([C@H](C(=O)N5C[C@H](O)C[C@H]5C(=O)N[C@@H](CO)c5ccc(-c6cccnc6)cc5)C(C)C)nn4)cc3)c2n1. The quantitative estimate of drug-likeness (QED) is 0.0575. The lowest BCUT2D eigenvalue weighted by Crippen LogP contribution is -2.50. The number of carbonyl (C=O) groups excluding carboxylic acids is 2. The number of anilines is 1. The van der Waals surface area contributed by atoms with Gasteiger partial charge >= 0.3 is 6.01 Å². The van der Waals surface area contributed by atoms with Crippen molar-refractivity contribution in [3.05, 3.63) is 125 Å². The standard InChI is InChI=1S/C57H60ClFN12O7/c1-30(2)52(56(75)70-25-40(73)18-48(70)55(74)63-47(27-72)36-14-12-34(13-15-36)37-7-6-16-60-21-37)71-26-46(67-68-71)35-10-8-33(9-11-35)29-77-53-50(49-32(4)44(59)20-45-42(49)23-62-66-45)43(58)19-41-51(53)64-57(78-28-31(3)76-5)65-54(41)69-24-38-17-39(69)22-61-38/h6-16,19-21,23,26,30-31,38-40,47-48,52,61,72-73H,17-18,22,24-25,27-29H2,1-5H3,(H,62,66)(H,63,74)/t31-,38-,39-,40+,47-,48-,52-/m0/s1. The number of aromatic nitrogens is 8. The number of H-pyrrole nitrogens is 1. The monoisotopic (exact) mass is 1080 g/mol. The summed E-state index contributed by atoms with van der Waals surface area (Å²) in [6.45, 7) is 8.70. The van der Waals surface area contributed by atoms with Gasteiger partial charge in [-0.3, -0.25) is 19.7 Å². The molecule has 5 N–H and O–H groups in total. The van der Waals surface area contributed by atoms with Crippen molar-refractivity contribution in [1.82, 2.24) is 55.7 Å². The number of hydrogen-bond acceptors (Lipinski definition) is 15. The Labute approximate surface area is 454 Å². The van der Waals surface area contributed by atoms with Gasteiger partial charge < -0.3 is 44.9 Å². The molecule has 404 valence electrons. The normalized spacial score (nSPS) is 19.3. The lowest BCUT2D eigenvalue weighted by atomic mass is 9.94. The van der Waals surface area contributed by atoms with Crippen LogP contribution in [0.3, 0.4) is 0 Å². The van der Waals surface area contributed by atoms with E-state index in [0.29, 0.717) is 77.9 Å². The highest BCUT2D eigenvalue weighted by molar-refractivity contribution is 6.35. The summed E-state index contributed by atoms with van der Waals surface area (Å²) in [6.07, 6.45) is 6.61. The second kappa shape index (κ2) is 22.0. The fourth-order valence-corrected chi connectivity index (χ4v) is 11.3. The average Bonchev–Trinajstić information content (AvgIpc) is 4.47. The Kier molecular flexibility index (Phi) is 14.8. The average molecular weight is 1080 g/mol. The molecular weight excluding hydrogens is 1020 g/mol. The van der Waals surface area contributed by atoms with E-state index in [1.165, 1.54) is 15.6 Å². The first-order chi connectivity index (χ1) is 37.8. The minimum absolute atomic E-state index is 0.0302. The molecule has 0 aliphatic carbocycles. The smallest absolute Gasteiger partial charge is 0.319 e. The van der Waals surface area contributed by atoms with Gasteiger partial charge in [0.15, 0.2) is 5.75 Å². The topological polar surface area (TPSA) is 231 Å². The number of likely N-dealkylation sites (tertiary alicyclic amines) is 1. The number of amides is 2. The second-order valence-electron chi connectivity index (χ2n) is 20.7. The van der Waals surface area contributed by atoms with Crippen molar-refractivity contribution in [3.8, 4) is 45.3 Å². The zero-order valence-electron chi connectivity index (χ0n) is 43.7. The van der Waals surface area contributed by atoms with E-state index >= 15 is 4.39 Å². The number of aliphatic hydroxyl groups excluding tert-OH is 2. The zero-order valence-corrected chi connectivity index (χ0v) is 44.5. The first-order valence-corrected chi connectivity index (χ1v) is 26.5. The number of benzene rings is 4. The van der Waals surface area contributed by atoms with Crippen molar-refractivity contribution in [2.45, 2.75) is 89.6 Å². The summed E-state index contributed by atoms with van der Waals surface area (Å²) < 4.78 is 35.9. The number of piperazine rings is 1. The molecule has 0 radical (unpaired) electrons. The van der Waals surface area contributed by atoms with Crippen LogP contribution in [0.5, 0.6) is 11.8 Å². The van der Waals surface area contributed by atoms with E-state index in [0.717, 1.165) is 36.2 Å². The lowest BCUT2D eigenvalue weighted by Gasteiger charge is -2.30. The predicted molar refractivity (Wildman–Crippen MR) is 291 cm³/mol. The van der Waals surface area contributed by atoms with E-state index in [1.807, 2.05) is 87.5 Å². The Morgan fingerprint density at radius 1 is 0.949 bits per heavy atom. The van der Waals surface area contributed by atoms with Crippen LogP contribution in [0.1, 0.15) is 62.4 Å². The van der Waals surface area contributed by atoms with Gasteiger partial charge in [0, 0.05) is 85.1 Å². The number of methoxy groups -OCH3 is 1. The van der Waals surface area contributed by atoms with Gasteiger partial charge in [0.05, 0.1) is 47.8 Å². The second-order valence-corrected chi connectivity index (χ2v) is 21.2. The maximum Gasteiger partial charge on any atom is 0.319 e. The van der Waals surface area contributed by atoms with Gasteiger partial charge in [0.1, 0.15) is 48.1 Å². The van der Waals surface area contributed by atoms with Gasteiger partial charge in [-0.25, -0.2) is 9.07 Å². The minimum Gasteiger partial charge on any atom is -0.486 e. The number of aliphatic hydroxyl groups is 2. The van der Waals surface area contributed by atoms with Crippen LogP contribution < -0.4 is 25.0 Å². The lowest BCUT2D eigenvalue weighted by molar-refractivity contribution is -0.142. The number of aromatic amines is 1. The van der Waals surface area contributed by atoms with Crippen LogP contribution in [0.2, 0.25) is 5.02 Å². The Balaban J connectivity index is 0.855. The van der Waals surface area contributed by atoms with E-state index in [1.54, 1.807) is 38.8 Å². The Bertz CT molecular complexity index is 3490. The van der Waals surface area contributed by atoms with Crippen molar-refractivity contribution in [2.24, 2.45) is 5.92 Å². The van der Waals surface area contributed by atoms with Gasteiger partial charge in [-0.2, -0.15) is 15.1 Å². The van der Waals surface area contributed by atoms with E-state index in [2.05, 4.69) is 41.0 Å². The number of hydrogen-bond donors (Lipinski definition) is 5. The van der Waals surface area contributed by atoms with Crippen LogP contribution >= 0.6 is 11.6 Å². The van der Waals surface area contributed by atoms with Crippen LogP contribution in [0.4, 0.5) is 10.2 Å². The molecule has 19 nitrogen and oxygen atoms in total. The number of nitrogens with zero attached hydrogens (tertiary/aromatic N) is 9. The molecule has 11 rings (SSSR count). The maximum absolute atomic E-state index is 15.8. The summed E-state index contributed by atoms with van der Waals surface area (Å²) in [4.78, 5) is 46.3. The molecule has 21 heteroatoms. The van der Waals surface area contributed by atoms with Gasteiger partial charge in [-0.1, -0.05) is 85.3 Å². The summed E-state index contributed by atoms with van der Waals surface area (Å²) in [5.41, 5.74) is 6.74. The maximum atomic E-state index is 15.8. The van der Waals surface area contributed by atoms with Crippen molar-refractivity contribution in [1.29, 1.82) is 0 Å². The fraction of sp³-hybridized carbons (Fsp3) is 0.368. The van der Waals surface area contributed by atoms with Crippen molar-refractivity contribution in [2.75, 3.05) is 44.9 Å². The first-order valence-electron chi connectivity index (χ1n) is 26.1. The molecule has 0 spiro atoms. The van der Waals surface area contributed by atoms with Crippen molar-refractivity contribution in [3.63, 3.8) is 0 Å². The molecular formula is C57H60ClFN12O7. The number of nitrogens with one attached hydrogen (secondary N) is 3. The number of pyridine rings is 1. The molecule has 2 bridgehead atoms. The molecule has 4 aromatic carbocycles. The third kappa shape index (κ3) is 10.2. The first kappa shape index (κ1) is 52.4. The van der Waals surface area contributed by atoms with Crippen molar-refractivity contribution < 1.29 is 38.4 Å². The summed E-state index contributed by atoms with van der Waals surface area (Å²) in [7, 11) is 1.61. The molecule has 3 aliphatic rings. The molecule has 7 heterocycles. The molecule has 7 atom stereocenters. The van der Waals surface area contributed by atoms with Gasteiger partial charge in [-0.05, 0) is 72.2 Å². The molecule has 0 saturated carbocycles. The van der Waals surface area contributed by atoms with Gasteiger partial charge in [-0.15, -0.1) is 5.10 Å². The van der Waals surface area contributed by atoms with E-state index in [9.17, 15) is 19.8 Å². The van der Waals surface area contributed by atoms with Crippen LogP contribution in [0.15, 0.2) is 97.6 Å². The summed E-state index contributed by atoms with van der Waals surface area (Å²) >= 11 is 7.37. The largest absolute Gasteiger partial charge is 0.486 e. The Morgan fingerprint density at radius 3 is 2.45 bits per heavy atom. The van der Waals surface area contributed by atoms with Crippen molar-refractivity contribution >= 4 is 51.0 Å². The molecule has 3 fully saturated rings. The predicted octanol–water partition coefficient (Wildman–Crippen LogP) is 7.15. The molecule has 3 aliphatic heterocycles. The number of ether oxygens (including phenoxy) is 3. The van der Waals surface area contributed by atoms with Crippen LogP contribution in [0.25, 0.3) is 55.3 Å². The molecule has 0 unspecified atom stereocenters. The molecule has 3 saturated heterocycles. The van der Waals surface area contributed by atoms with E-state index in [-0.39, 0.29) is 56.9 Å². The number of carbonyl (C=O) groups is 2. The highest BCUT2D eigenvalue weighted by Crippen LogP contribution is 2.49. The molecule has 78 heavy (non-hydrogen) atoms. The zero-order chi connectivity index (χ0) is 54.4. The highest BCUT2D eigenvalue weighted by atomic mass is 35.5. The van der Waals surface area contributed by atoms with E-state index < -0.39 is 41.9 Å². The number of rotatable bonds is 18. The van der Waals surface area contributed by atoms with Gasteiger partial charge in [0.25, 0.3) is 0 Å². The van der Waals surface area contributed by atoms with Crippen LogP contribution in [-0.2, 0) is 20.9 Å². The number of halogens is 2.